The van der Waals surface area contributed by atoms with Gasteiger partial charge in [-0.2, -0.15) is 4.31 Å². The number of fused-ring (bicyclic) bond motifs is 5. The average molecular weight is 269 g/mol. The van der Waals surface area contributed by atoms with Crippen LogP contribution in [0, 0.1) is 5.41 Å². The van der Waals surface area contributed by atoms with E-state index in [2.05, 4.69) is 0 Å². The third-order valence-corrected chi connectivity index (χ3v) is 7.09. The van der Waals surface area contributed by atoms with E-state index in [9.17, 15) is 9.35 Å². The van der Waals surface area contributed by atoms with Crippen LogP contribution in [0.15, 0.2) is 12.2 Å². The highest BCUT2D eigenvalue weighted by molar-refractivity contribution is 7.91. The Labute approximate surface area is 111 Å². The number of hydrogen-bond acceptors (Lipinski definition) is 3. The molecule has 3 aliphatic rings. The molecule has 0 saturated carbocycles. The van der Waals surface area contributed by atoms with Gasteiger partial charge in [-0.25, -0.2) is 0 Å². The van der Waals surface area contributed by atoms with Gasteiger partial charge in [-0.15, -0.1) is 0 Å². The number of nitrogens with zero attached hydrogens (tertiary/aromatic N) is 1. The molecule has 0 aromatic carbocycles. The maximum absolute atomic E-state index is 12.9. The number of hydrogen-bond donors (Lipinski definition) is 0. The van der Waals surface area contributed by atoms with Gasteiger partial charge in [0.15, 0.2) is 4.75 Å². The van der Waals surface area contributed by atoms with Crippen LogP contribution in [-0.4, -0.2) is 37.3 Å². The third-order valence-electron chi connectivity index (χ3n) is 4.66. The Bertz CT molecular complexity index is 458. The zero-order valence-electron chi connectivity index (χ0n) is 11.4. The zero-order valence-corrected chi connectivity index (χ0v) is 12.2. The van der Waals surface area contributed by atoms with Crippen molar-refractivity contribution in [2.45, 2.75) is 57.1 Å². The first kappa shape index (κ1) is 12.5. The van der Waals surface area contributed by atoms with Crippen molar-refractivity contribution in [3.8, 4) is 0 Å². The maximum atomic E-state index is 12.9. The molecule has 5 heteroatoms. The van der Waals surface area contributed by atoms with Gasteiger partial charge < -0.3 is 9.29 Å². The van der Waals surface area contributed by atoms with Gasteiger partial charge in [-0.3, -0.25) is 4.79 Å². The highest BCUT2D eigenvalue weighted by Gasteiger charge is 2.81. The smallest absolute Gasteiger partial charge is 0.278 e. The fourth-order valence-corrected chi connectivity index (χ4v) is 5.43. The molecule has 0 spiro atoms. The number of rotatable bonds is 0. The molecule has 5 atom stereocenters. The summed E-state index contributed by atoms with van der Waals surface area (Å²) < 4.78 is 19.6. The molecule has 5 unspecified atom stereocenters. The summed E-state index contributed by atoms with van der Waals surface area (Å²) in [5, 5.41) is 0. The van der Waals surface area contributed by atoms with Crippen molar-refractivity contribution in [2.75, 3.05) is 0 Å². The molecule has 1 amide bonds. The van der Waals surface area contributed by atoms with Gasteiger partial charge >= 0.3 is 0 Å². The van der Waals surface area contributed by atoms with E-state index in [1.165, 1.54) is 0 Å². The number of ether oxygens (including phenoxy) is 1. The summed E-state index contributed by atoms with van der Waals surface area (Å²) >= 11 is -1.36. The van der Waals surface area contributed by atoms with Crippen molar-refractivity contribution in [1.29, 1.82) is 0 Å². The minimum Gasteiger partial charge on any atom is -0.592 e. The van der Waals surface area contributed by atoms with Crippen molar-refractivity contribution < 1.29 is 14.1 Å². The van der Waals surface area contributed by atoms with Crippen LogP contribution < -0.4 is 0 Å². The topological polar surface area (TPSA) is 52.6 Å². The lowest BCUT2D eigenvalue weighted by atomic mass is 9.69. The lowest BCUT2D eigenvalue weighted by Gasteiger charge is -2.35. The lowest BCUT2D eigenvalue weighted by Crippen LogP contribution is -2.53. The monoisotopic (exact) mass is 269 g/mol. The van der Waals surface area contributed by atoms with Crippen LogP contribution in [0.25, 0.3) is 0 Å². The first-order chi connectivity index (χ1) is 8.15. The van der Waals surface area contributed by atoms with Crippen molar-refractivity contribution in [3.05, 3.63) is 12.2 Å². The van der Waals surface area contributed by atoms with E-state index in [1.54, 1.807) is 4.31 Å². The quantitative estimate of drug-likeness (QED) is 0.493. The van der Waals surface area contributed by atoms with E-state index >= 15 is 0 Å². The van der Waals surface area contributed by atoms with Gasteiger partial charge in [0.2, 0.25) is 0 Å². The summed E-state index contributed by atoms with van der Waals surface area (Å²) in [5.41, 5.74) is -1.14. The van der Waals surface area contributed by atoms with Gasteiger partial charge in [0.1, 0.15) is 11.5 Å². The summed E-state index contributed by atoms with van der Waals surface area (Å²) in [6, 6.07) is 0. The Morgan fingerprint density at radius 3 is 2.39 bits per heavy atom. The van der Waals surface area contributed by atoms with Crippen molar-refractivity contribution >= 4 is 17.3 Å². The summed E-state index contributed by atoms with van der Waals surface area (Å²) in [7, 11) is 0. The predicted molar refractivity (Wildman–Crippen MR) is 69.1 cm³/mol. The average Bonchev–Trinajstić information content (AvgIpc) is 2.83. The standard InChI is InChI=1S/C13H19NO3S/c1-11(2,3)14-10(15)12(4)8-6-7-9(17-8)13(12,5)18(14)16/h6-9H,1-5H3. The molecular weight excluding hydrogens is 250 g/mol. The molecule has 3 heterocycles. The van der Waals surface area contributed by atoms with Gasteiger partial charge in [0.05, 0.1) is 23.0 Å². The molecule has 4 nitrogen and oxygen atoms in total. The second-order valence-electron chi connectivity index (χ2n) is 6.69. The van der Waals surface area contributed by atoms with Gasteiger partial charge in [0.25, 0.3) is 5.91 Å². The van der Waals surface area contributed by atoms with Crippen LogP contribution in [0.1, 0.15) is 34.6 Å². The fourth-order valence-electron chi connectivity index (χ4n) is 3.31. The van der Waals surface area contributed by atoms with E-state index in [-0.39, 0.29) is 18.1 Å². The minimum absolute atomic E-state index is 0.0484. The zero-order chi connectivity index (χ0) is 13.5. The largest absolute Gasteiger partial charge is 0.592 e. The molecule has 18 heavy (non-hydrogen) atoms. The number of carbonyl (C=O) groups is 1. The fraction of sp³-hybridized carbons (Fsp3) is 0.769. The molecule has 2 fully saturated rings. The highest BCUT2D eigenvalue weighted by atomic mass is 32.2. The normalized spacial score (nSPS) is 50.2. The SMILES string of the molecule is CC(C)(C)N1C(=O)C2(C)C3C=CC(O3)C2(C)[S+]1[O-]. The molecule has 100 valence electrons. The number of carbonyl (C=O) groups excluding carboxylic acids is 1. The number of amides is 1. The maximum Gasteiger partial charge on any atom is 0.278 e. The first-order valence-corrected chi connectivity index (χ1v) is 7.36. The summed E-state index contributed by atoms with van der Waals surface area (Å²) in [5.74, 6) is -0.0484. The van der Waals surface area contributed by atoms with Crippen LogP contribution in [0.4, 0.5) is 0 Å². The second kappa shape index (κ2) is 3.14. The van der Waals surface area contributed by atoms with E-state index in [4.69, 9.17) is 4.74 Å². The van der Waals surface area contributed by atoms with E-state index in [0.717, 1.165) is 0 Å². The molecule has 2 bridgehead atoms. The van der Waals surface area contributed by atoms with Gasteiger partial charge in [-0.05, 0) is 34.6 Å². The Balaban J connectivity index is 2.16. The molecule has 3 aliphatic heterocycles. The van der Waals surface area contributed by atoms with Crippen molar-refractivity contribution in [2.24, 2.45) is 5.41 Å². The Kier molecular flexibility index (Phi) is 2.18. The van der Waals surface area contributed by atoms with E-state index in [1.807, 2.05) is 46.8 Å². The van der Waals surface area contributed by atoms with E-state index < -0.39 is 27.1 Å². The molecule has 0 radical (unpaired) electrons. The molecule has 3 rings (SSSR count). The second-order valence-corrected chi connectivity index (χ2v) is 8.40. The lowest BCUT2D eigenvalue weighted by molar-refractivity contribution is -0.139. The molecule has 0 aliphatic carbocycles. The Morgan fingerprint density at radius 2 is 1.89 bits per heavy atom. The Hall–Kier alpha value is -0.520. The van der Waals surface area contributed by atoms with Crippen molar-refractivity contribution in [1.82, 2.24) is 4.31 Å². The molecule has 0 aromatic rings. The summed E-state index contributed by atoms with van der Waals surface area (Å²) in [4.78, 5) is 12.8. The summed E-state index contributed by atoms with van der Waals surface area (Å²) in [6.45, 7) is 9.58. The summed E-state index contributed by atoms with van der Waals surface area (Å²) in [6.07, 6.45) is 3.43. The van der Waals surface area contributed by atoms with Gasteiger partial charge in [-0.1, -0.05) is 12.2 Å². The van der Waals surface area contributed by atoms with Crippen LogP contribution in [0.2, 0.25) is 0 Å². The van der Waals surface area contributed by atoms with Crippen LogP contribution in [0.5, 0.6) is 0 Å². The first-order valence-electron chi connectivity index (χ1n) is 6.25. The van der Waals surface area contributed by atoms with Crippen molar-refractivity contribution in [3.63, 3.8) is 0 Å². The van der Waals surface area contributed by atoms with Crippen LogP contribution in [-0.2, 0) is 20.9 Å². The van der Waals surface area contributed by atoms with E-state index in [0.29, 0.717) is 0 Å². The molecule has 0 aromatic heterocycles. The Morgan fingerprint density at radius 1 is 1.33 bits per heavy atom. The molecular formula is C13H19NO3S. The van der Waals surface area contributed by atoms with Crippen LogP contribution >= 0.6 is 0 Å². The third kappa shape index (κ3) is 1.05. The molecule has 2 saturated heterocycles. The minimum atomic E-state index is -1.36. The molecule has 0 N–H and O–H groups in total. The van der Waals surface area contributed by atoms with Gasteiger partial charge in [0, 0.05) is 0 Å². The predicted octanol–water partition coefficient (Wildman–Crippen LogP) is 1.39. The van der Waals surface area contributed by atoms with Crippen LogP contribution in [0.3, 0.4) is 0 Å². The highest BCUT2D eigenvalue weighted by Crippen LogP contribution is 2.61.